The molecule has 0 unspecified atom stereocenters. The van der Waals surface area contributed by atoms with Gasteiger partial charge in [-0.05, 0) is 30.7 Å². The summed E-state index contributed by atoms with van der Waals surface area (Å²) in [5.41, 5.74) is 1.19. The number of hydrogen-bond donors (Lipinski definition) is 0. The van der Waals surface area contributed by atoms with Gasteiger partial charge in [0.15, 0.2) is 11.6 Å². The van der Waals surface area contributed by atoms with E-state index in [1.807, 2.05) is 0 Å². The SMILES string of the molecule is Cc1ccc(F)c2c(Cl)nc(-c3cccc(Cl)c3F)nc12. The van der Waals surface area contributed by atoms with Gasteiger partial charge in [0.05, 0.1) is 21.5 Å². The van der Waals surface area contributed by atoms with E-state index in [0.717, 1.165) is 5.56 Å². The molecule has 0 aliphatic carbocycles. The van der Waals surface area contributed by atoms with Gasteiger partial charge in [-0.2, -0.15) is 0 Å². The second-order valence-corrected chi connectivity index (χ2v) is 5.29. The number of rotatable bonds is 1. The van der Waals surface area contributed by atoms with Crippen molar-refractivity contribution in [3.05, 3.63) is 57.7 Å². The van der Waals surface area contributed by atoms with Crippen LogP contribution in [0.1, 0.15) is 5.56 Å². The maximum Gasteiger partial charge on any atom is 0.164 e. The Morgan fingerprint density at radius 3 is 2.52 bits per heavy atom. The molecule has 6 heteroatoms. The van der Waals surface area contributed by atoms with E-state index in [9.17, 15) is 8.78 Å². The first-order valence-corrected chi connectivity index (χ1v) is 6.81. The van der Waals surface area contributed by atoms with E-state index in [4.69, 9.17) is 23.2 Å². The van der Waals surface area contributed by atoms with Gasteiger partial charge in [-0.25, -0.2) is 18.7 Å². The predicted molar refractivity (Wildman–Crippen MR) is 79.6 cm³/mol. The summed E-state index contributed by atoms with van der Waals surface area (Å²) in [7, 11) is 0. The summed E-state index contributed by atoms with van der Waals surface area (Å²) in [6.45, 7) is 1.77. The van der Waals surface area contributed by atoms with Crippen LogP contribution in [-0.2, 0) is 0 Å². The molecule has 0 spiro atoms. The molecule has 0 saturated heterocycles. The van der Waals surface area contributed by atoms with Gasteiger partial charge in [-0.3, -0.25) is 0 Å². The smallest absolute Gasteiger partial charge is 0.164 e. The van der Waals surface area contributed by atoms with E-state index in [1.165, 1.54) is 18.2 Å². The number of aryl methyl sites for hydroxylation is 1. The molecule has 1 aromatic heterocycles. The maximum atomic E-state index is 14.1. The lowest BCUT2D eigenvalue weighted by atomic mass is 10.1. The van der Waals surface area contributed by atoms with Gasteiger partial charge in [0, 0.05) is 0 Å². The largest absolute Gasteiger partial charge is 0.227 e. The summed E-state index contributed by atoms with van der Waals surface area (Å²) < 4.78 is 27.9. The van der Waals surface area contributed by atoms with Crippen LogP contribution in [0.4, 0.5) is 8.78 Å². The molecule has 0 bridgehead atoms. The monoisotopic (exact) mass is 324 g/mol. The van der Waals surface area contributed by atoms with E-state index < -0.39 is 11.6 Å². The Kier molecular flexibility index (Phi) is 3.51. The first kappa shape index (κ1) is 14.2. The number of halogens is 4. The Morgan fingerprint density at radius 2 is 1.76 bits per heavy atom. The van der Waals surface area contributed by atoms with Gasteiger partial charge in [-0.1, -0.05) is 35.3 Å². The normalized spacial score (nSPS) is 11.1. The quantitative estimate of drug-likeness (QED) is 0.575. The Morgan fingerprint density at radius 1 is 1.00 bits per heavy atom. The van der Waals surface area contributed by atoms with Crippen molar-refractivity contribution in [2.45, 2.75) is 6.92 Å². The van der Waals surface area contributed by atoms with Gasteiger partial charge < -0.3 is 0 Å². The Balaban J connectivity index is 2.36. The van der Waals surface area contributed by atoms with Crippen LogP contribution in [0.15, 0.2) is 30.3 Å². The third kappa shape index (κ3) is 2.34. The molecule has 21 heavy (non-hydrogen) atoms. The first-order valence-electron chi connectivity index (χ1n) is 6.06. The lowest BCUT2D eigenvalue weighted by molar-refractivity contribution is 0.630. The topological polar surface area (TPSA) is 25.8 Å². The molecular formula is C15H8Cl2F2N2. The second kappa shape index (κ2) is 5.20. The van der Waals surface area contributed by atoms with Crippen LogP contribution in [0.25, 0.3) is 22.3 Å². The predicted octanol–water partition coefficient (Wildman–Crippen LogP) is 5.19. The van der Waals surface area contributed by atoms with Gasteiger partial charge in [-0.15, -0.1) is 0 Å². The molecule has 2 aromatic carbocycles. The highest BCUT2D eigenvalue weighted by molar-refractivity contribution is 6.34. The Hall–Kier alpha value is -1.78. The summed E-state index contributed by atoms with van der Waals surface area (Å²) in [6.07, 6.45) is 0. The molecule has 2 nitrogen and oxygen atoms in total. The highest BCUT2D eigenvalue weighted by atomic mass is 35.5. The van der Waals surface area contributed by atoms with E-state index in [0.29, 0.717) is 5.52 Å². The minimum Gasteiger partial charge on any atom is -0.227 e. The van der Waals surface area contributed by atoms with Gasteiger partial charge in [0.25, 0.3) is 0 Å². The second-order valence-electron chi connectivity index (χ2n) is 4.53. The van der Waals surface area contributed by atoms with Crippen molar-refractivity contribution in [3.63, 3.8) is 0 Å². The summed E-state index contributed by atoms with van der Waals surface area (Å²) in [5.74, 6) is -1.08. The van der Waals surface area contributed by atoms with Crippen molar-refractivity contribution in [2.75, 3.05) is 0 Å². The molecule has 0 fully saturated rings. The Labute approximate surface area is 129 Å². The molecule has 0 atom stereocenters. The summed E-state index contributed by atoms with van der Waals surface area (Å²) in [4.78, 5) is 8.23. The molecule has 3 aromatic rings. The summed E-state index contributed by atoms with van der Waals surface area (Å²) in [5, 5.41) is 0.0294. The fourth-order valence-electron chi connectivity index (χ4n) is 2.09. The zero-order chi connectivity index (χ0) is 15.1. The van der Waals surface area contributed by atoms with Gasteiger partial charge >= 0.3 is 0 Å². The summed E-state index contributed by atoms with van der Waals surface area (Å²) in [6, 6.07) is 7.38. The van der Waals surface area contributed by atoms with Crippen molar-refractivity contribution in [2.24, 2.45) is 0 Å². The van der Waals surface area contributed by atoms with Crippen LogP contribution in [0.3, 0.4) is 0 Å². The lowest BCUT2D eigenvalue weighted by Gasteiger charge is -2.08. The van der Waals surface area contributed by atoms with E-state index in [-0.39, 0.29) is 26.9 Å². The Bertz CT molecular complexity index is 866. The third-order valence-electron chi connectivity index (χ3n) is 3.15. The van der Waals surface area contributed by atoms with E-state index in [2.05, 4.69) is 9.97 Å². The highest BCUT2D eigenvalue weighted by Gasteiger charge is 2.16. The number of aromatic nitrogens is 2. The molecule has 3 rings (SSSR count). The van der Waals surface area contributed by atoms with Crippen molar-refractivity contribution < 1.29 is 8.78 Å². The van der Waals surface area contributed by atoms with Crippen molar-refractivity contribution in [1.29, 1.82) is 0 Å². The minimum atomic E-state index is -0.636. The average Bonchev–Trinajstić information content (AvgIpc) is 2.45. The van der Waals surface area contributed by atoms with Crippen LogP contribution < -0.4 is 0 Å². The first-order chi connectivity index (χ1) is 9.99. The number of benzene rings is 2. The standard InChI is InChI=1S/C15H8Cl2F2N2/c1-7-5-6-10(18)11-13(7)20-15(21-14(11)17)8-3-2-4-9(16)12(8)19/h2-6H,1H3. The maximum absolute atomic E-state index is 14.1. The van der Waals surface area contributed by atoms with E-state index >= 15 is 0 Å². The minimum absolute atomic E-state index is 0.0386. The fourth-order valence-corrected chi connectivity index (χ4v) is 2.52. The molecule has 0 aliphatic rings. The number of fused-ring (bicyclic) bond motifs is 1. The zero-order valence-corrected chi connectivity index (χ0v) is 12.3. The fraction of sp³-hybridized carbons (Fsp3) is 0.0667. The van der Waals surface area contributed by atoms with Crippen molar-refractivity contribution in [1.82, 2.24) is 9.97 Å². The van der Waals surface area contributed by atoms with Crippen LogP contribution >= 0.6 is 23.2 Å². The van der Waals surface area contributed by atoms with Crippen molar-refractivity contribution >= 4 is 34.1 Å². The van der Waals surface area contributed by atoms with Crippen LogP contribution in [0, 0.1) is 18.6 Å². The van der Waals surface area contributed by atoms with Crippen LogP contribution in [0.5, 0.6) is 0 Å². The molecule has 0 aliphatic heterocycles. The number of nitrogens with zero attached hydrogens (tertiary/aromatic N) is 2. The third-order valence-corrected chi connectivity index (χ3v) is 3.71. The van der Waals surface area contributed by atoms with Gasteiger partial charge in [0.1, 0.15) is 11.0 Å². The molecule has 0 amide bonds. The average molecular weight is 325 g/mol. The number of hydrogen-bond acceptors (Lipinski definition) is 2. The molecule has 0 N–H and O–H groups in total. The van der Waals surface area contributed by atoms with Crippen molar-refractivity contribution in [3.8, 4) is 11.4 Å². The molecule has 0 saturated carbocycles. The van der Waals surface area contributed by atoms with Crippen LogP contribution in [0.2, 0.25) is 10.2 Å². The van der Waals surface area contributed by atoms with Crippen LogP contribution in [-0.4, -0.2) is 9.97 Å². The molecule has 0 radical (unpaired) electrons. The molecule has 1 heterocycles. The molecule has 106 valence electrons. The zero-order valence-electron chi connectivity index (χ0n) is 10.8. The van der Waals surface area contributed by atoms with Gasteiger partial charge in [0.2, 0.25) is 0 Å². The molecular weight excluding hydrogens is 317 g/mol. The lowest BCUT2D eigenvalue weighted by Crippen LogP contribution is -1.97. The highest BCUT2D eigenvalue weighted by Crippen LogP contribution is 2.31. The summed E-state index contributed by atoms with van der Waals surface area (Å²) >= 11 is 11.8. The van der Waals surface area contributed by atoms with E-state index in [1.54, 1.807) is 19.1 Å².